The molecule has 0 radical (unpaired) electrons. The van der Waals surface area contributed by atoms with Crippen LogP contribution in [0, 0.1) is 0 Å². The van der Waals surface area contributed by atoms with Gasteiger partial charge in [-0.25, -0.2) is 0 Å². The second-order valence-electron chi connectivity index (χ2n) is 5.80. The first-order chi connectivity index (χ1) is 10.2. The van der Waals surface area contributed by atoms with Crippen LogP contribution in [0.15, 0.2) is 42.7 Å². The van der Waals surface area contributed by atoms with E-state index in [1.807, 2.05) is 41.4 Å². The van der Waals surface area contributed by atoms with Gasteiger partial charge in [0.25, 0.3) is 0 Å². The van der Waals surface area contributed by atoms with E-state index < -0.39 is 0 Å². The summed E-state index contributed by atoms with van der Waals surface area (Å²) >= 11 is 6.09. The molecule has 0 unspecified atom stereocenters. The van der Waals surface area contributed by atoms with Crippen molar-refractivity contribution in [3.05, 3.63) is 58.9 Å². The normalized spacial score (nSPS) is 18.4. The van der Waals surface area contributed by atoms with E-state index in [0.29, 0.717) is 5.02 Å². The molecule has 1 saturated carbocycles. The highest BCUT2D eigenvalue weighted by atomic mass is 35.5. The third kappa shape index (κ3) is 1.95. The largest absolute Gasteiger partial charge is 0.311 e. The number of carbonyl (C=O) groups is 1. The molecule has 0 spiro atoms. The van der Waals surface area contributed by atoms with Crippen molar-refractivity contribution < 1.29 is 4.79 Å². The van der Waals surface area contributed by atoms with Gasteiger partial charge in [-0.15, -0.1) is 0 Å². The highest BCUT2D eigenvalue weighted by Crippen LogP contribution is 2.51. The molecule has 2 aromatic rings. The third-order valence-corrected chi connectivity index (χ3v) is 4.79. The summed E-state index contributed by atoms with van der Waals surface area (Å²) in [6, 6.07) is 9.65. The molecular formula is C17H15ClN2O. The standard InChI is InChI=1S/C17H15ClN2O/c18-14-3-1-2-13(10-14)17(6-7-17)16(21)20-9-5-12-11-19-8-4-15(12)20/h1-4,8,10-11H,5-7,9H2. The van der Waals surface area contributed by atoms with Crippen molar-refractivity contribution in [2.24, 2.45) is 0 Å². The fourth-order valence-corrected chi connectivity index (χ4v) is 3.43. The number of nitrogens with zero attached hydrogens (tertiary/aromatic N) is 2. The molecule has 0 bridgehead atoms. The summed E-state index contributed by atoms with van der Waals surface area (Å²) < 4.78 is 0. The van der Waals surface area contributed by atoms with Crippen LogP contribution in [0.3, 0.4) is 0 Å². The monoisotopic (exact) mass is 298 g/mol. The van der Waals surface area contributed by atoms with Gasteiger partial charge in [-0.05, 0) is 48.6 Å². The molecule has 1 aliphatic carbocycles. The minimum Gasteiger partial charge on any atom is -0.311 e. The number of amides is 1. The number of aromatic nitrogens is 1. The molecule has 1 aromatic carbocycles. The molecule has 3 nitrogen and oxygen atoms in total. The molecule has 0 N–H and O–H groups in total. The van der Waals surface area contributed by atoms with E-state index in [2.05, 4.69) is 4.98 Å². The SMILES string of the molecule is O=C(N1CCc2cnccc21)C1(c2cccc(Cl)c2)CC1. The average molecular weight is 299 g/mol. The number of rotatable bonds is 2. The van der Waals surface area contributed by atoms with E-state index >= 15 is 0 Å². The summed E-state index contributed by atoms with van der Waals surface area (Å²) in [4.78, 5) is 19.1. The van der Waals surface area contributed by atoms with Crippen molar-refractivity contribution in [1.82, 2.24) is 4.98 Å². The summed E-state index contributed by atoms with van der Waals surface area (Å²) in [5.41, 5.74) is 2.86. The van der Waals surface area contributed by atoms with Crippen LogP contribution in [0.2, 0.25) is 5.02 Å². The van der Waals surface area contributed by atoms with E-state index in [4.69, 9.17) is 11.6 Å². The molecule has 0 atom stereocenters. The van der Waals surface area contributed by atoms with E-state index in [9.17, 15) is 4.79 Å². The zero-order valence-electron chi connectivity index (χ0n) is 11.6. The van der Waals surface area contributed by atoms with Gasteiger partial charge >= 0.3 is 0 Å². The van der Waals surface area contributed by atoms with Crippen LogP contribution in [0.5, 0.6) is 0 Å². The van der Waals surface area contributed by atoms with Crippen LogP contribution in [0.4, 0.5) is 5.69 Å². The molecule has 1 aromatic heterocycles. The van der Waals surface area contributed by atoms with Gasteiger partial charge in [-0.2, -0.15) is 0 Å². The first kappa shape index (κ1) is 12.8. The first-order valence-electron chi connectivity index (χ1n) is 7.22. The Morgan fingerprint density at radius 3 is 2.90 bits per heavy atom. The van der Waals surface area contributed by atoms with Gasteiger partial charge in [0.1, 0.15) is 0 Å². The van der Waals surface area contributed by atoms with E-state index in [1.54, 1.807) is 6.20 Å². The summed E-state index contributed by atoms with van der Waals surface area (Å²) in [5.74, 6) is 0.203. The molecule has 1 fully saturated rings. The number of benzene rings is 1. The number of anilines is 1. The minimum absolute atomic E-state index is 0.203. The third-order valence-electron chi connectivity index (χ3n) is 4.56. The van der Waals surface area contributed by atoms with Gasteiger partial charge in [-0.3, -0.25) is 9.78 Å². The molecule has 21 heavy (non-hydrogen) atoms. The quantitative estimate of drug-likeness (QED) is 0.852. The van der Waals surface area contributed by atoms with Crippen LogP contribution in [0.25, 0.3) is 0 Å². The topological polar surface area (TPSA) is 33.2 Å². The highest BCUT2D eigenvalue weighted by molar-refractivity contribution is 6.30. The predicted molar refractivity (Wildman–Crippen MR) is 82.7 cm³/mol. The first-order valence-corrected chi connectivity index (χ1v) is 7.59. The average Bonchev–Trinajstić information content (AvgIpc) is 3.21. The maximum Gasteiger partial charge on any atom is 0.237 e. The van der Waals surface area contributed by atoms with Crippen LogP contribution in [-0.2, 0) is 16.6 Å². The van der Waals surface area contributed by atoms with E-state index in [-0.39, 0.29) is 11.3 Å². The Bertz CT molecular complexity index is 724. The second-order valence-corrected chi connectivity index (χ2v) is 6.24. The fourth-order valence-electron chi connectivity index (χ4n) is 3.23. The fraction of sp³-hybridized carbons (Fsp3) is 0.294. The molecule has 2 aliphatic rings. The van der Waals surface area contributed by atoms with Gasteiger partial charge < -0.3 is 4.90 Å². The predicted octanol–water partition coefficient (Wildman–Crippen LogP) is 3.36. The lowest BCUT2D eigenvalue weighted by molar-refractivity contribution is -0.120. The number of halogens is 1. The van der Waals surface area contributed by atoms with Crippen LogP contribution >= 0.6 is 11.6 Å². The summed E-state index contributed by atoms with van der Waals surface area (Å²) in [7, 11) is 0. The number of fused-ring (bicyclic) bond motifs is 1. The Morgan fingerprint density at radius 1 is 1.29 bits per heavy atom. The van der Waals surface area contributed by atoms with E-state index in [0.717, 1.165) is 42.6 Å². The zero-order valence-corrected chi connectivity index (χ0v) is 12.3. The van der Waals surface area contributed by atoms with Crippen LogP contribution in [0.1, 0.15) is 24.0 Å². The van der Waals surface area contributed by atoms with Crippen molar-refractivity contribution in [2.45, 2.75) is 24.7 Å². The Kier molecular flexibility index (Phi) is 2.79. The van der Waals surface area contributed by atoms with Crippen molar-refractivity contribution in [3.63, 3.8) is 0 Å². The van der Waals surface area contributed by atoms with Crippen molar-refractivity contribution in [1.29, 1.82) is 0 Å². The van der Waals surface area contributed by atoms with E-state index in [1.165, 1.54) is 0 Å². The number of hydrogen-bond donors (Lipinski definition) is 0. The number of hydrogen-bond acceptors (Lipinski definition) is 2. The maximum absolute atomic E-state index is 13.1. The lowest BCUT2D eigenvalue weighted by Gasteiger charge is -2.24. The van der Waals surface area contributed by atoms with Crippen LogP contribution in [-0.4, -0.2) is 17.4 Å². The summed E-state index contributed by atoms with van der Waals surface area (Å²) in [5, 5.41) is 0.692. The highest BCUT2D eigenvalue weighted by Gasteiger charge is 2.53. The van der Waals surface area contributed by atoms with Crippen LogP contribution < -0.4 is 4.90 Å². The van der Waals surface area contributed by atoms with Gasteiger partial charge in [0.2, 0.25) is 5.91 Å². The minimum atomic E-state index is -0.365. The maximum atomic E-state index is 13.1. The molecule has 4 heteroatoms. The zero-order chi connectivity index (χ0) is 14.4. The molecule has 4 rings (SSSR count). The Morgan fingerprint density at radius 2 is 2.14 bits per heavy atom. The molecule has 0 saturated heterocycles. The lowest BCUT2D eigenvalue weighted by Crippen LogP contribution is -2.38. The van der Waals surface area contributed by atoms with Crippen molar-refractivity contribution in [3.8, 4) is 0 Å². The molecular weight excluding hydrogens is 284 g/mol. The molecule has 1 amide bonds. The van der Waals surface area contributed by atoms with Crippen molar-refractivity contribution >= 4 is 23.2 Å². The Labute approximate surface area is 128 Å². The molecule has 1 aliphatic heterocycles. The van der Waals surface area contributed by atoms with Crippen molar-refractivity contribution in [2.75, 3.05) is 11.4 Å². The lowest BCUT2D eigenvalue weighted by atomic mass is 9.94. The van der Waals surface area contributed by atoms with Gasteiger partial charge in [0.05, 0.1) is 5.41 Å². The summed E-state index contributed by atoms with van der Waals surface area (Å²) in [6.07, 6.45) is 6.32. The molecule has 106 valence electrons. The molecule has 2 heterocycles. The smallest absolute Gasteiger partial charge is 0.237 e. The number of pyridine rings is 1. The second kappa shape index (κ2) is 4.57. The van der Waals surface area contributed by atoms with Gasteiger partial charge in [0, 0.05) is 29.6 Å². The Balaban J connectivity index is 1.70. The summed E-state index contributed by atoms with van der Waals surface area (Å²) in [6.45, 7) is 0.752. The van der Waals surface area contributed by atoms with Gasteiger partial charge in [0.15, 0.2) is 0 Å². The Hall–Kier alpha value is -1.87. The number of carbonyl (C=O) groups excluding carboxylic acids is 1. The van der Waals surface area contributed by atoms with Gasteiger partial charge in [-0.1, -0.05) is 23.7 Å².